The van der Waals surface area contributed by atoms with E-state index in [1.807, 2.05) is 19.1 Å². The van der Waals surface area contributed by atoms with Gasteiger partial charge >= 0.3 is 5.97 Å². The van der Waals surface area contributed by atoms with Crippen LogP contribution in [-0.4, -0.2) is 18.1 Å². The number of esters is 1. The number of methoxy groups -OCH3 is 1. The Labute approximate surface area is 115 Å². The second-order valence-electron chi connectivity index (χ2n) is 3.55. The maximum absolute atomic E-state index is 11.5. The number of halogens is 2. The lowest BCUT2D eigenvalue weighted by Gasteiger charge is -2.08. The van der Waals surface area contributed by atoms with Gasteiger partial charge in [-0.15, -0.1) is 0 Å². The molecule has 2 rings (SSSR count). The molecule has 0 aliphatic carbocycles. The van der Waals surface area contributed by atoms with E-state index in [1.165, 1.54) is 13.3 Å². The predicted octanol–water partition coefficient (Wildman–Crippen LogP) is 3.85. The van der Waals surface area contributed by atoms with Crippen LogP contribution < -0.4 is 0 Å². The molecule has 0 bridgehead atoms. The minimum atomic E-state index is -0.396. The SMILES string of the molecule is COC(=O)c1cnc2c(C)c(Br)ccc2c1Br. The number of benzene rings is 1. The largest absolute Gasteiger partial charge is 0.465 e. The fraction of sp³-hybridized carbons (Fsp3) is 0.167. The van der Waals surface area contributed by atoms with E-state index in [-0.39, 0.29) is 0 Å². The maximum Gasteiger partial charge on any atom is 0.340 e. The number of pyridine rings is 1. The normalized spacial score (nSPS) is 10.6. The summed E-state index contributed by atoms with van der Waals surface area (Å²) in [5.41, 5.74) is 2.33. The summed E-state index contributed by atoms with van der Waals surface area (Å²) in [4.78, 5) is 15.8. The zero-order chi connectivity index (χ0) is 12.6. The van der Waals surface area contributed by atoms with E-state index >= 15 is 0 Å². The lowest BCUT2D eigenvalue weighted by atomic mass is 10.1. The highest BCUT2D eigenvalue weighted by Gasteiger charge is 2.15. The molecule has 17 heavy (non-hydrogen) atoms. The second-order valence-corrected chi connectivity index (χ2v) is 5.19. The monoisotopic (exact) mass is 357 g/mol. The van der Waals surface area contributed by atoms with Gasteiger partial charge in [-0.1, -0.05) is 22.0 Å². The van der Waals surface area contributed by atoms with Crippen LogP contribution in [0.25, 0.3) is 10.9 Å². The second kappa shape index (κ2) is 4.74. The summed E-state index contributed by atoms with van der Waals surface area (Å²) < 4.78 is 6.41. The highest BCUT2D eigenvalue weighted by molar-refractivity contribution is 9.11. The predicted molar refractivity (Wildman–Crippen MR) is 73.2 cm³/mol. The van der Waals surface area contributed by atoms with Crippen LogP contribution in [0.15, 0.2) is 27.3 Å². The first-order chi connectivity index (χ1) is 8.06. The average Bonchev–Trinajstić information content (AvgIpc) is 2.33. The van der Waals surface area contributed by atoms with Crippen molar-refractivity contribution in [3.05, 3.63) is 38.4 Å². The molecule has 1 aromatic carbocycles. The molecule has 0 amide bonds. The van der Waals surface area contributed by atoms with E-state index in [2.05, 4.69) is 36.8 Å². The first kappa shape index (κ1) is 12.5. The van der Waals surface area contributed by atoms with Crippen molar-refractivity contribution < 1.29 is 9.53 Å². The number of hydrogen-bond acceptors (Lipinski definition) is 3. The maximum atomic E-state index is 11.5. The molecular formula is C12H9Br2NO2. The zero-order valence-electron chi connectivity index (χ0n) is 9.25. The Balaban J connectivity index is 2.77. The Hall–Kier alpha value is -0.940. The quantitative estimate of drug-likeness (QED) is 0.726. The highest BCUT2D eigenvalue weighted by Crippen LogP contribution is 2.31. The molecular weight excluding hydrogens is 350 g/mol. The summed E-state index contributed by atoms with van der Waals surface area (Å²) >= 11 is 6.88. The summed E-state index contributed by atoms with van der Waals surface area (Å²) in [5, 5.41) is 0.897. The highest BCUT2D eigenvalue weighted by atomic mass is 79.9. The van der Waals surface area contributed by atoms with E-state index in [1.54, 1.807) is 0 Å². The van der Waals surface area contributed by atoms with Gasteiger partial charge in [0.1, 0.15) is 0 Å². The van der Waals surface area contributed by atoms with Gasteiger partial charge in [-0.05, 0) is 34.5 Å². The van der Waals surface area contributed by atoms with Crippen molar-refractivity contribution in [2.75, 3.05) is 7.11 Å². The number of aryl methyl sites for hydroxylation is 1. The fourth-order valence-electron chi connectivity index (χ4n) is 1.60. The van der Waals surface area contributed by atoms with Gasteiger partial charge in [0.2, 0.25) is 0 Å². The van der Waals surface area contributed by atoms with Crippen LogP contribution in [0.3, 0.4) is 0 Å². The van der Waals surface area contributed by atoms with Crippen molar-refractivity contribution in [2.24, 2.45) is 0 Å². The number of fused-ring (bicyclic) bond motifs is 1. The number of carbonyl (C=O) groups excluding carboxylic acids is 1. The van der Waals surface area contributed by atoms with Gasteiger partial charge in [0.15, 0.2) is 0 Å². The first-order valence-electron chi connectivity index (χ1n) is 4.88. The van der Waals surface area contributed by atoms with Crippen LogP contribution in [-0.2, 0) is 4.74 Å². The smallest absolute Gasteiger partial charge is 0.340 e. The van der Waals surface area contributed by atoms with Gasteiger partial charge in [-0.3, -0.25) is 4.98 Å². The van der Waals surface area contributed by atoms with E-state index in [0.717, 1.165) is 20.9 Å². The van der Waals surface area contributed by atoms with Crippen LogP contribution in [0.2, 0.25) is 0 Å². The summed E-state index contributed by atoms with van der Waals surface area (Å²) in [6.45, 7) is 1.98. The number of hydrogen-bond donors (Lipinski definition) is 0. The lowest BCUT2D eigenvalue weighted by Crippen LogP contribution is -2.03. The van der Waals surface area contributed by atoms with Crippen molar-refractivity contribution in [1.82, 2.24) is 4.98 Å². The molecule has 0 unspecified atom stereocenters. The first-order valence-corrected chi connectivity index (χ1v) is 6.46. The van der Waals surface area contributed by atoms with Crippen molar-refractivity contribution in [3.63, 3.8) is 0 Å². The summed E-state index contributed by atoms with van der Waals surface area (Å²) in [6, 6.07) is 3.85. The Kier molecular flexibility index (Phi) is 3.49. The zero-order valence-corrected chi connectivity index (χ0v) is 12.4. The van der Waals surface area contributed by atoms with Gasteiger partial charge in [0.05, 0.1) is 18.2 Å². The van der Waals surface area contributed by atoms with E-state index in [9.17, 15) is 4.79 Å². The Morgan fingerprint density at radius 1 is 1.35 bits per heavy atom. The molecule has 0 spiro atoms. The minimum absolute atomic E-state index is 0.396. The fourth-order valence-corrected chi connectivity index (χ4v) is 2.51. The summed E-state index contributed by atoms with van der Waals surface area (Å²) in [6.07, 6.45) is 1.53. The average molecular weight is 359 g/mol. The van der Waals surface area contributed by atoms with Crippen molar-refractivity contribution in [2.45, 2.75) is 6.92 Å². The van der Waals surface area contributed by atoms with Crippen molar-refractivity contribution in [1.29, 1.82) is 0 Å². The molecule has 0 saturated carbocycles. The lowest BCUT2D eigenvalue weighted by molar-refractivity contribution is 0.0599. The van der Waals surface area contributed by atoms with Crippen LogP contribution in [0.1, 0.15) is 15.9 Å². The molecule has 0 atom stereocenters. The molecule has 0 aliphatic heterocycles. The number of aromatic nitrogens is 1. The molecule has 3 nitrogen and oxygen atoms in total. The molecule has 0 radical (unpaired) electrons. The summed E-state index contributed by atoms with van der Waals surface area (Å²) in [7, 11) is 1.35. The Morgan fingerprint density at radius 2 is 2.06 bits per heavy atom. The molecule has 2 aromatic rings. The molecule has 5 heteroatoms. The molecule has 0 N–H and O–H groups in total. The molecule has 1 aromatic heterocycles. The van der Waals surface area contributed by atoms with Crippen LogP contribution in [0.4, 0.5) is 0 Å². The van der Waals surface area contributed by atoms with E-state index in [0.29, 0.717) is 10.0 Å². The molecule has 0 aliphatic rings. The van der Waals surface area contributed by atoms with Gasteiger partial charge < -0.3 is 4.74 Å². The third-order valence-electron chi connectivity index (χ3n) is 2.57. The van der Waals surface area contributed by atoms with Crippen LogP contribution in [0, 0.1) is 6.92 Å². The summed E-state index contributed by atoms with van der Waals surface area (Å²) in [5.74, 6) is -0.396. The van der Waals surface area contributed by atoms with Gasteiger partial charge in [0.25, 0.3) is 0 Å². The van der Waals surface area contributed by atoms with Gasteiger partial charge in [-0.25, -0.2) is 4.79 Å². The minimum Gasteiger partial charge on any atom is -0.465 e. The van der Waals surface area contributed by atoms with E-state index < -0.39 is 5.97 Å². The standard InChI is InChI=1S/C12H9Br2NO2/c1-6-9(13)4-3-7-10(14)8(12(16)17-2)5-15-11(6)7/h3-5H,1-2H3. The molecule has 1 heterocycles. The van der Waals surface area contributed by atoms with Gasteiger partial charge in [0, 0.05) is 20.5 Å². The number of nitrogens with zero attached hydrogens (tertiary/aromatic N) is 1. The Morgan fingerprint density at radius 3 is 2.71 bits per heavy atom. The number of ether oxygens (including phenoxy) is 1. The third-order valence-corrected chi connectivity index (χ3v) is 4.28. The number of rotatable bonds is 1. The van der Waals surface area contributed by atoms with Gasteiger partial charge in [-0.2, -0.15) is 0 Å². The third kappa shape index (κ3) is 2.09. The van der Waals surface area contributed by atoms with Crippen LogP contribution in [0.5, 0.6) is 0 Å². The number of carbonyl (C=O) groups is 1. The van der Waals surface area contributed by atoms with Crippen LogP contribution >= 0.6 is 31.9 Å². The molecule has 0 saturated heterocycles. The van der Waals surface area contributed by atoms with Crippen molar-refractivity contribution in [3.8, 4) is 0 Å². The molecule has 0 fully saturated rings. The topological polar surface area (TPSA) is 39.2 Å². The molecule has 88 valence electrons. The Bertz CT molecular complexity index is 611. The van der Waals surface area contributed by atoms with Crippen molar-refractivity contribution >= 4 is 48.7 Å². The van der Waals surface area contributed by atoms with E-state index in [4.69, 9.17) is 4.74 Å².